The zero-order valence-corrected chi connectivity index (χ0v) is 15.5. The van der Waals surface area contributed by atoms with Crippen LogP contribution in [0.15, 0.2) is 47.4 Å². The Labute approximate surface area is 163 Å². The lowest BCUT2D eigenvalue weighted by Crippen LogP contribution is -2.27. The number of carbonyl (C=O) groups excluding carboxylic acids is 1. The number of carboxylic acids is 1. The minimum Gasteiger partial charge on any atom is -0.478 e. The molecule has 0 spiro atoms. The Balaban J connectivity index is 1.94. The first-order valence-electron chi connectivity index (χ1n) is 6.93. The molecule has 1 aliphatic heterocycles. The summed E-state index contributed by atoms with van der Waals surface area (Å²) in [6.45, 7) is 0. The van der Waals surface area contributed by atoms with E-state index in [0.29, 0.717) is 30.5 Å². The van der Waals surface area contributed by atoms with Crippen molar-refractivity contribution in [3.05, 3.63) is 68.5 Å². The molecule has 126 valence electrons. The minimum absolute atomic E-state index is 0.0833. The van der Waals surface area contributed by atoms with Gasteiger partial charge < -0.3 is 5.11 Å². The molecule has 4 nitrogen and oxygen atoms in total. The molecule has 0 unspecified atom stereocenters. The molecule has 3 rings (SSSR count). The fourth-order valence-electron chi connectivity index (χ4n) is 2.22. The third kappa shape index (κ3) is 3.72. The quantitative estimate of drug-likeness (QED) is 0.564. The van der Waals surface area contributed by atoms with E-state index < -0.39 is 5.97 Å². The van der Waals surface area contributed by atoms with Crippen LogP contribution in [0.1, 0.15) is 15.9 Å². The predicted molar refractivity (Wildman–Crippen MR) is 106 cm³/mol. The Hall–Kier alpha value is -1.86. The van der Waals surface area contributed by atoms with Crippen LogP contribution in [0.4, 0.5) is 5.69 Å². The number of hydrogen-bond donors (Lipinski definition) is 1. The fourth-order valence-corrected chi connectivity index (χ4v) is 3.83. The number of carbonyl (C=O) groups is 2. The Morgan fingerprint density at radius 2 is 1.92 bits per heavy atom. The monoisotopic (exact) mass is 409 g/mol. The Morgan fingerprint density at radius 1 is 1.16 bits per heavy atom. The summed E-state index contributed by atoms with van der Waals surface area (Å²) in [6, 6.07) is 11.1. The number of rotatable bonds is 3. The first-order valence-corrected chi connectivity index (χ1v) is 8.91. The molecular formula is C17H9Cl2NO3S2. The highest BCUT2D eigenvalue weighted by Gasteiger charge is 2.33. The second-order valence-corrected chi connectivity index (χ2v) is 7.54. The van der Waals surface area contributed by atoms with Gasteiger partial charge in [-0.15, -0.1) is 0 Å². The summed E-state index contributed by atoms with van der Waals surface area (Å²) in [5, 5.41) is 9.92. The van der Waals surface area contributed by atoms with Crippen molar-refractivity contribution in [2.45, 2.75) is 0 Å². The number of thioether (sulfide) groups is 1. The molecule has 0 radical (unpaired) electrons. The van der Waals surface area contributed by atoms with Crippen LogP contribution < -0.4 is 4.90 Å². The lowest BCUT2D eigenvalue weighted by molar-refractivity contribution is -0.113. The lowest BCUT2D eigenvalue weighted by atomic mass is 10.2. The van der Waals surface area contributed by atoms with E-state index in [0.717, 1.165) is 11.8 Å². The van der Waals surface area contributed by atoms with E-state index in [-0.39, 0.29) is 11.5 Å². The molecule has 8 heteroatoms. The van der Waals surface area contributed by atoms with E-state index >= 15 is 0 Å². The van der Waals surface area contributed by atoms with Gasteiger partial charge in [0.05, 0.1) is 26.2 Å². The van der Waals surface area contributed by atoms with E-state index in [1.54, 1.807) is 36.4 Å². The first-order chi connectivity index (χ1) is 11.9. The van der Waals surface area contributed by atoms with E-state index in [4.69, 9.17) is 40.5 Å². The molecule has 1 amide bonds. The van der Waals surface area contributed by atoms with Crippen molar-refractivity contribution in [2.24, 2.45) is 0 Å². The largest absolute Gasteiger partial charge is 0.478 e. The van der Waals surface area contributed by atoms with Crippen molar-refractivity contribution >= 4 is 75.1 Å². The Kier molecular flexibility index (Phi) is 5.15. The molecule has 25 heavy (non-hydrogen) atoms. The zero-order chi connectivity index (χ0) is 18.1. The molecule has 1 aliphatic rings. The van der Waals surface area contributed by atoms with Crippen molar-refractivity contribution in [3.8, 4) is 0 Å². The number of benzene rings is 2. The van der Waals surface area contributed by atoms with Gasteiger partial charge in [-0.25, -0.2) is 4.79 Å². The summed E-state index contributed by atoms with van der Waals surface area (Å²) in [6.07, 6.45) is 1.67. The zero-order valence-electron chi connectivity index (χ0n) is 12.4. The van der Waals surface area contributed by atoms with E-state index in [1.807, 2.05) is 0 Å². The molecular weight excluding hydrogens is 401 g/mol. The maximum atomic E-state index is 12.7. The summed E-state index contributed by atoms with van der Waals surface area (Å²) in [5.74, 6) is -1.39. The molecule has 1 saturated heterocycles. The summed E-state index contributed by atoms with van der Waals surface area (Å²) < 4.78 is 0.332. The molecule has 0 aromatic heterocycles. The number of halogens is 2. The van der Waals surface area contributed by atoms with Gasteiger partial charge in [0.25, 0.3) is 5.91 Å². The molecule has 2 aromatic carbocycles. The smallest absolute Gasteiger partial charge is 0.335 e. The number of carboxylic acid groups (broad SMARTS) is 1. The number of thiocarbonyl (C=S) groups is 1. The van der Waals surface area contributed by atoms with E-state index in [1.165, 1.54) is 17.0 Å². The summed E-state index contributed by atoms with van der Waals surface area (Å²) in [5.41, 5.74) is 1.22. The fraction of sp³-hybridized carbons (Fsp3) is 0. The van der Waals surface area contributed by atoms with Crippen LogP contribution >= 0.6 is 47.2 Å². The van der Waals surface area contributed by atoms with Crippen LogP contribution in [-0.2, 0) is 4.79 Å². The standard InChI is InChI=1S/C17H9Cl2NO3S2/c18-12-5-4-9(6-13(12)19)7-14-15(21)20(17(24)25-14)11-3-1-2-10(8-11)16(22)23/h1-8H,(H,22,23)/b14-7-. The first kappa shape index (κ1) is 17.9. The van der Waals surface area contributed by atoms with E-state index in [9.17, 15) is 9.59 Å². The third-order valence-electron chi connectivity index (χ3n) is 3.39. The van der Waals surface area contributed by atoms with E-state index in [2.05, 4.69) is 0 Å². The summed E-state index contributed by atoms with van der Waals surface area (Å²) in [7, 11) is 0. The minimum atomic E-state index is -1.07. The highest BCUT2D eigenvalue weighted by atomic mass is 35.5. The topological polar surface area (TPSA) is 57.6 Å². The number of amides is 1. The van der Waals surface area contributed by atoms with Gasteiger partial charge in [-0.1, -0.05) is 59.3 Å². The van der Waals surface area contributed by atoms with Crippen LogP contribution in [0.2, 0.25) is 10.0 Å². The average molecular weight is 410 g/mol. The number of hydrogen-bond acceptors (Lipinski definition) is 4. The average Bonchev–Trinajstić information content (AvgIpc) is 2.85. The Bertz CT molecular complexity index is 943. The van der Waals surface area contributed by atoms with Gasteiger partial charge in [-0.05, 0) is 42.0 Å². The van der Waals surface area contributed by atoms with Crippen molar-refractivity contribution in [1.29, 1.82) is 0 Å². The maximum Gasteiger partial charge on any atom is 0.335 e. The number of nitrogens with zero attached hydrogens (tertiary/aromatic N) is 1. The summed E-state index contributed by atoms with van der Waals surface area (Å²) in [4.78, 5) is 25.6. The van der Waals surface area contributed by atoms with Crippen molar-refractivity contribution in [3.63, 3.8) is 0 Å². The van der Waals surface area contributed by atoms with Crippen LogP contribution in [0, 0.1) is 0 Å². The second-order valence-electron chi connectivity index (χ2n) is 5.05. The van der Waals surface area contributed by atoms with Crippen LogP contribution in [0.25, 0.3) is 6.08 Å². The molecule has 1 N–H and O–H groups in total. The van der Waals surface area contributed by atoms with Gasteiger partial charge in [-0.2, -0.15) is 0 Å². The predicted octanol–water partition coefficient (Wildman–Crippen LogP) is 5.10. The lowest BCUT2D eigenvalue weighted by Gasteiger charge is -2.14. The maximum absolute atomic E-state index is 12.7. The van der Waals surface area contributed by atoms with Crippen molar-refractivity contribution in [1.82, 2.24) is 0 Å². The second kappa shape index (κ2) is 7.17. The van der Waals surface area contributed by atoms with Gasteiger partial charge in [0.15, 0.2) is 4.32 Å². The SMILES string of the molecule is O=C(O)c1cccc(N2C(=O)/C(=C/c3ccc(Cl)c(Cl)c3)SC2=S)c1. The van der Waals surface area contributed by atoms with Gasteiger partial charge in [-0.3, -0.25) is 9.69 Å². The van der Waals surface area contributed by atoms with Gasteiger partial charge in [0, 0.05) is 0 Å². The normalized spacial score (nSPS) is 15.9. The molecule has 0 atom stereocenters. The Morgan fingerprint density at radius 3 is 2.60 bits per heavy atom. The molecule has 0 aliphatic carbocycles. The highest BCUT2D eigenvalue weighted by molar-refractivity contribution is 8.27. The molecule has 2 aromatic rings. The van der Waals surface area contributed by atoms with Gasteiger partial charge in [0.1, 0.15) is 0 Å². The molecule has 0 bridgehead atoms. The molecule has 1 heterocycles. The van der Waals surface area contributed by atoms with Crippen LogP contribution in [0.3, 0.4) is 0 Å². The summed E-state index contributed by atoms with van der Waals surface area (Å²) >= 11 is 18.3. The van der Waals surface area contributed by atoms with Gasteiger partial charge >= 0.3 is 5.97 Å². The van der Waals surface area contributed by atoms with Crippen LogP contribution in [0.5, 0.6) is 0 Å². The van der Waals surface area contributed by atoms with Crippen molar-refractivity contribution in [2.75, 3.05) is 4.90 Å². The molecule has 1 fully saturated rings. The third-order valence-corrected chi connectivity index (χ3v) is 5.43. The molecule has 0 saturated carbocycles. The van der Waals surface area contributed by atoms with Crippen molar-refractivity contribution < 1.29 is 14.7 Å². The van der Waals surface area contributed by atoms with Gasteiger partial charge in [0.2, 0.25) is 0 Å². The van der Waals surface area contributed by atoms with Crippen LogP contribution in [-0.4, -0.2) is 21.3 Å². The highest BCUT2D eigenvalue weighted by Crippen LogP contribution is 2.36. The number of aromatic carboxylic acids is 1. The number of anilines is 1.